The third-order valence-electron chi connectivity index (χ3n) is 3.42. The normalized spacial score (nSPS) is 12.9. The van der Waals surface area contributed by atoms with E-state index in [1.807, 2.05) is 14.1 Å². The van der Waals surface area contributed by atoms with Crippen molar-refractivity contribution in [3.05, 3.63) is 28.3 Å². The van der Waals surface area contributed by atoms with Gasteiger partial charge >= 0.3 is 0 Å². The number of nitrogens with two attached hydrogens (primary N) is 1. The van der Waals surface area contributed by atoms with Gasteiger partial charge in [-0.25, -0.2) is 0 Å². The molecule has 1 unspecified atom stereocenters. The monoisotopic (exact) mass is 236 g/mol. The first-order chi connectivity index (χ1) is 7.93. The Morgan fingerprint density at radius 2 is 1.82 bits per heavy atom. The fourth-order valence-electron chi connectivity index (χ4n) is 2.33. The number of methoxy groups -OCH3 is 1. The van der Waals surface area contributed by atoms with Gasteiger partial charge in [-0.15, -0.1) is 0 Å². The van der Waals surface area contributed by atoms with Crippen molar-refractivity contribution in [1.29, 1.82) is 0 Å². The van der Waals surface area contributed by atoms with Crippen LogP contribution < -0.4 is 10.5 Å². The molecule has 0 fully saturated rings. The Kier molecular flexibility index (Phi) is 4.54. The molecule has 0 aliphatic heterocycles. The fourth-order valence-corrected chi connectivity index (χ4v) is 2.33. The molecule has 0 saturated carbocycles. The van der Waals surface area contributed by atoms with Gasteiger partial charge in [-0.3, -0.25) is 0 Å². The first-order valence-corrected chi connectivity index (χ1v) is 5.95. The highest BCUT2D eigenvalue weighted by Crippen LogP contribution is 2.35. The number of rotatable bonds is 4. The van der Waals surface area contributed by atoms with E-state index >= 15 is 0 Å². The summed E-state index contributed by atoms with van der Waals surface area (Å²) in [6, 6.07) is 2.41. The molecule has 0 amide bonds. The SMILES string of the molecule is COc1c(C)c(C)cc(C)c1C(CN)N(C)C. The molecule has 0 radical (unpaired) electrons. The molecule has 3 nitrogen and oxygen atoms in total. The minimum atomic E-state index is 0.198. The molecule has 1 rings (SSSR count). The maximum absolute atomic E-state index is 5.89. The Bertz CT molecular complexity index is 400. The van der Waals surface area contributed by atoms with E-state index in [0.717, 1.165) is 5.75 Å². The summed E-state index contributed by atoms with van der Waals surface area (Å²) in [7, 11) is 5.82. The topological polar surface area (TPSA) is 38.5 Å². The summed E-state index contributed by atoms with van der Waals surface area (Å²) >= 11 is 0. The quantitative estimate of drug-likeness (QED) is 0.871. The van der Waals surface area contributed by atoms with E-state index in [2.05, 4.69) is 31.7 Å². The van der Waals surface area contributed by atoms with Gasteiger partial charge < -0.3 is 15.4 Å². The number of hydrogen-bond acceptors (Lipinski definition) is 3. The molecule has 3 heteroatoms. The molecule has 1 atom stereocenters. The predicted octanol–water partition coefficient (Wildman–Crippen LogP) is 2.18. The Hall–Kier alpha value is -1.06. The standard InChI is InChI=1S/C14H24N2O/c1-9-7-10(2)13(12(8-15)16(4)5)14(17-6)11(9)3/h7,12H,8,15H2,1-6H3. The van der Waals surface area contributed by atoms with E-state index < -0.39 is 0 Å². The van der Waals surface area contributed by atoms with E-state index in [4.69, 9.17) is 10.5 Å². The first kappa shape index (κ1) is 14.0. The van der Waals surface area contributed by atoms with Gasteiger partial charge in [0.05, 0.1) is 13.2 Å². The average molecular weight is 236 g/mol. The third kappa shape index (κ3) is 2.61. The zero-order valence-electron chi connectivity index (χ0n) is 11.8. The van der Waals surface area contributed by atoms with Crippen LogP contribution in [-0.2, 0) is 0 Å². The van der Waals surface area contributed by atoms with Crippen molar-refractivity contribution >= 4 is 0 Å². The minimum Gasteiger partial charge on any atom is -0.496 e. The second kappa shape index (κ2) is 5.52. The van der Waals surface area contributed by atoms with Crippen molar-refractivity contribution in [2.45, 2.75) is 26.8 Å². The van der Waals surface area contributed by atoms with E-state index in [1.165, 1.54) is 22.3 Å². The van der Waals surface area contributed by atoms with E-state index in [1.54, 1.807) is 7.11 Å². The van der Waals surface area contributed by atoms with Crippen molar-refractivity contribution in [2.24, 2.45) is 5.73 Å². The zero-order valence-corrected chi connectivity index (χ0v) is 11.8. The lowest BCUT2D eigenvalue weighted by atomic mass is 9.93. The summed E-state index contributed by atoms with van der Waals surface area (Å²) in [4.78, 5) is 2.14. The molecule has 0 saturated heterocycles. The van der Waals surface area contributed by atoms with Crippen LogP contribution in [0.1, 0.15) is 28.3 Å². The van der Waals surface area contributed by atoms with Gasteiger partial charge in [0.1, 0.15) is 5.75 Å². The van der Waals surface area contributed by atoms with Gasteiger partial charge in [0, 0.05) is 12.1 Å². The number of nitrogens with zero attached hydrogens (tertiary/aromatic N) is 1. The highest BCUT2D eigenvalue weighted by Gasteiger charge is 2.21. The van der Waals surface area contributed by atoms with Crippen LogP contribution in [0, 0.1) is 20.8 Å². The minimum absolute atomic E-state index is 0.198. The summed E-state index contributed by atoms with van der Waals surface area (Å²) in [6.45, 7) is 6.92. The largest absolute Gasteiger partial charge is 0.496 e. The molecule has 0 heterocycles. The van der Waals surface area contributed by atoms with Gasteiger partial charge in [0.2, 0.25) is 0 Å². The highest BCUT2D eigenvalue weighted by atomic mass is 16.5. The van der Waals surface area contributed by atoms with Crippen molar-refractivity contribution in [1.82, 2.24) is 4.90 Å². The average Bonchev–Trinajstić information content (AvgIpc) is 2.26. The van der Waals surface area contributed by atoms with Crippen LogP contribution in [0.25, 0.3) is 0 Å². The second-order valence-electron chi connectivity index (χ2n) is 4.80. The van der Waals surface area contributed by atoms with Gasteiger partial charge in [-0.1, -0.05) is 6.07 Å². The number of hydrogen-bond donors (Lipinski definition) is 1. The maximum Gasteiger partial charge on any atom is 0.127 e. The van der Waals surface area contributed by atoms with Crippen LogP contribution >= 0.6 is 0 Å². The Labute approximate surface area is 105 Å². The summed E-state index contributed by atoms with van der Waals surface area (Å²) in [5, 5.41) is 0. The van der Waals surface area contributed by atoms with Crippen molar-refractivity contribution in [3.63, 3.8) is 0 Å². The summed E-state index contributed by atoms with van der Waals surface area (Å²) < 4.78 is 5.59. The Morgan fingerprint density at radius 3 is 2.24 bits per heavy atom. The smallest absolute Gasteiger partial charge is 0.127 e. The predicted molar refractivity (Wildman–Crippen MR) is 72.7 cm³/mol. The third-order valence-corrected chi connectivity index (χ3v) is 3.42. The first-order valence-electron chi connectivity index (χ1n) is 5.95. The summed E-state index contributed by atoms with van der Waals surface area (Å²) in [5.41, 5.74) is 10.8. The highest BCUT2D eigenvalue weighted by molar-refractivity contribution is 5.51. The van der Waals surface area contributed by atoms with Crippen LogP contribution in [0.2, 0.25) is 0 Å². The molecular formula is C14H24N2O. The Morgan fingerprint density at radius 1 is 1.24 bits per heavy atom. The van der Waals surface area contributed by atoms with Gasteiger partial charge in [0.15, 0.2) is 0 Å². The van der Waals surface area contributed by atoms with E-state index in [-0.39, 0.29) is 6.04 Å². The van der Waals surface area contributed by atoms with Crippen LogP contribution in [0.5, 0.6) is 5.75 Å². The maximum atomic E-state index is 5.89. The van der Waals surface area contributed by atoms with Gasteiger partial charge in [0.25, 0.3) is 0 Å². The lowest BCUT2D eigenvalue weighted by molar-refractivity contribution is 0.293. The Balaban J connectivity index is 3.45. The number of ether oxygens (including phenoxy) is 1. The van der Waals surface area contributed by atoms with Crippen molar-refractivity contribution in [3.8, 4) is 5.75 Å². The molecule has 0 aromatic heterocycles. The summed E-state index contributed by atoms with van der Waals surface area (Å²) in [6.07, 6.45) is 0. The van der Waals surface area contributed by atoms with Crippen LogP contribution in [0.3, 0.4) is 0 Å². The molecule has 96 valence electrons. The molecule has 1 aromatic rings. The molecule has 0 aliphatic rings. The number of benzene rings is 1. The second-order valence-corrected chi connectivity index (χ2v) is 4.80. The van der Waals surface area contributed by atoms with Crippen molar-refractivity contribution in [2.75, 3.05) is 27.7 Å². The van der Waals surface area contributed by atoms with Gasteiger partial charge in [-0.2, -0.15) is 0 Å². The molecule has 1 aromatic carbocycles. The fraction of sp³-hybridized carbons (Fsp3) is 0.571. The van der Waals surface area contributed by atoms with Crippen molar-refractivity contribution < 1.29 is 4.74 Å². The molecule has 0 bridgehead atoms. The zero-order chi connectivity index (χ0) is 13.2. The molecule has 0 aliphatic carbocycles. The number of aryl methyl sites for hydroxylation is 2. The lowest BCUT2D eigenvalue weighted by Crippen LogP contribution is -2.28. The summed E-state index contributed by atoms with van der Waals surface area (Å²) in [5.74, 6) is 0.978. The molecule has 2 N–H and O–H groups in total. The van der Waals surface area contributed by atoms with Gasteiger partial charge in [-0.05, 0) is 51.6 Å². The van der Waals surface area contributed by atoms with Crippen LogP contribution in [0.15, 0.2) is 6.07 Å². The molecule has 17 heavy (non-hydrogen) atoms. The van der Waals surface area contributed by atoms with Crippen LogP contribution in [0.4, 0.5) is 0 Å². The van der Waals surface area contributed by atoms with E-state index in [0.29, 0.717) is 6.54 Å². The van der Waals surface area contributed by atoms with E-state index in [9.17, 15) is 0 Å². The number of likely N-dealkylation sites (N-methyl/N-ethyl adjacent to an activating group) is 1. The molecule has 0 spiro atoms. The lowest BCUT2D eigenvalue weighted by Gasteiger charge is -2.28. The molecular weight excluding hydrogens is 212 g/mol. The van der Waals surface area contributed by atoms with Crippen LogP contribution in [-0.4, -0.2) is 32.6 Å².